The van der Waals surface area contributed by atoms with Gasteiger partial charge in [-0.3, -0.25) is 0 Å². The fraction of sp³-hybridized carbons (Fsp3) is 0.556. The van der Waals surface area contributed by atoms with Crippen molar-refractivity contribution < 1.29 is 18.3 Å². The highest BCUT2D eigenvalue weighted by atomic mass is 19.3. The van der Waals surface area contributed by atoms with E-state index in [1.807, 2.05) is 0 Å². The number of aromatic nitrogens is 2. The predicted octanol–water partition coefficient (Wildman–Crippen LogP) is 4.71. The first kappa shape index (κ1) is 16.9. The zero-order chi connectivity index (χ0) is 17.2. The van der Waals surface area contributed by atoms with Crippen LogP contribution in [0.15, 0.2) is 18.2 Å². The van der Waals surface area contributed by atoms with Gasteiger partial charge in [-0.15, -0.1) is 0 Å². The molecule has 1 heterocycles. The fourth-order valence-electron chi connectivity index (χ4n) is 2.83. The normalized spacial score (nSPS) is 14.8. The summed E-state index contributed by atoms with van der Waals surface area (Å²) in [6.07, 6.45) is 4.65. The first-order valence-corrected chi connectivity index (χ1v) is 8.31. The monoisotopic (exact) mass is 336 g/mol. The van der Waals surface area contributed by atoms with E-state index in [4.69, 9.17) is 9.47 Å². The van der Waals surface area contributed by atoms with E-state index in [9.17, 15) is 8.78 Å². The van der Waals surface area contributed by atoms with E-state index >= 15 is 0 Å². The van der Waals surface area contributed by atoms with Crippen LogP contribution in [0.2, 0.25) is 0 Å². The maximum Gasteiger partial charge on any atom is 0.295 e. The summed E-state index contributed by atoms with van der Waals surface area (Å²) in [6, 6.07) is 4.97. The van der Waals surface area contributed by atoms with Crippen LogP contribution in [0.5, 0.6) is 11.6 Å². The molecule has 3 rings (SSSR count). The van der Waals surface area contributed by atoms with Gasteiger partial charge in [0.15, 0.2) is 5.69 Å². The topological polar surface area (TPSA) is 44.2 Å². The summed E-state index contributed by atoms with van der Waals surface area (Å²) in [7, 11) is 2.87. The lowest BCUT2D eigenvalue weighted by atomic mass is 10.0. The van der Waals surface area contributed by atoms with Crippen LogP contribution in [-0.4, -0.2) is 24.2 Å². The van der Waals surface area contributed by atoms with E-state index in [-0.39, 0.29) is 18.0 Å². The van der Waals surface area contributed by atoms with Crippen LogP contribution in [0, 0.1) is 5.92 Å². The summed E-state index contributed by atoms with van der Waals surface area (Å²) in [4.78, 5) is 8.32. The summed E-state index contributed by atoms with van der Waals surface area (Å²) in [6.45, 7) is 0. The Kier molecular flexibility index (Phi) is 4.83. The Hall–Kier alpha value is -1.98. The Morgan fingerprint density at radius 3 is 2.54 bits per heavy atom. The molecule has 6 heteroatoms. The van der Waals surface area contributed by atoms with Crippen LogP contribution in [0.25, 0.3) is 11.0 Å². The lowest BCUT2D eigenvalue weighted by molar-refractivity contribution is -0.0226. The van der Waals surface area contributed by atoms with E-state index in [0.29, 0.717) is 23.2 Å². The molecule has 2 aromatic rings. The molecule has 1 aliphatic carbocycles. The van der Waals surface area contributed by atoms with E-state index < -0.39 is 5.92 Å². The average Bonchev–Trinajstić information content (AvgIpc) is 3.41. The van der Waals surface area contributed by atoms with Gasteiger partial charge >= 0.3 is 0 Å². The maximum atomic E-state index is 14.6. The molecule has 0 atom stereocenters. The lowest BCUT2D eigenvalue weighted by Gasteiger charge is -2.18. The maximum absolute atomic E-state index is 14.6. The van der Waals surface area contributed by atoms with Crippen molar-refractivity contribution in [3.63, 3.8) is 0 Å². The van der Waals surface area contributed by atoms with Crippen LogP contribution in [0.3, 0.4) is 0 Å². The first-order chi connectivity index (χ1) is 11.5. The van der Waals surface area contributed by atoms with Gasteiger partial charge < -0.3 is 9.47 Å². The van der Waals surface area contributed by atoms with Crippen LogP contribution in [-0.2, 0) is 5.92 Å². The van der Waals surface area contributed by atoms with Crippen molar-refractivity contribution in [2.45, 2.75) is 44.4 Å². The smallest absolute Gasteiger partial charge is 0.295 e. The summed E-state index contributed by atoms with van der Waals surface area (Å²) < 4.78 is 39.4. The third-order valence-corrected chi connectivity index (χ3v) is 4.43. The van der Waals surface area contributed by atoms with Gasteiger partial charge in [0.25, 0.3) is 5.92 Å². The van der Waals surface area contributed by atoms with Gasteiger partial charge in [-0.05, 0) is 24.5 Å². The Balaban J connectivity index is 1.82. The number of nitrogens with zero attached hydrogens (tertiary/aromatic N) is 2. The highest BCUT2D eigenvalue weighted by molar-refractivity contribution is 5.76. The molecule has 1 aliphatic rings. The van der Waals surface area contributed by atoms with Crippen molar-refractivity contribution in [1.82, 2.24) is 9.97 Å². The highest BCUT2D eigenvalue weighted by Crippen LogP contribution is 2.39. The molecule has 1 aromatic carbocycles. The molecule has 0 spiro atoms. The number of alkyl halides is 2. The van der Waals surface area contributed by atoms with Crippen molar-refractivity contribution in [2.24, 2.45) is 5.92 Å². The molecule has 130 valence electrons. The van der Waals surface area contributed by atoms with Crippen molar-refractivity contribution in [3.8, 4) is 11.6 Å². The van der Waals surface area contributed by atoms with Gasteiger partial charge in [0.2, 0.25) is 5.88 Å². The Morgan fingerprint density at radius 2 is 1.88 bits per heavy atom. The molecule has 0 aliphatic heterocycles. The SMILES string of the molecule is COc1ccc2nc(C(F)(F)CCCCC3CC3)c(OC)nc2c1. The molecule has 24 heavy (non-hydrogen) atoms. The lowest BCUT2D eigenvalue weighted by Crippen LogP contribution is -2.18. The zero-order valence-corrected chi connectivity index (χ0v) is 14.0. The van der Waals surface area contributed by atoms with Crippen molar-refractivity contribution in [1.29, 1.82) is 0 Å². The van der Waals surface area contributed by atoms with E-state index in [2.05, 4.69) is 9.97 Å². The fourth-order valence-corrected chi connectivity index (χ4v) is 2.83. The Morgan fingerprint density at radius 1 is 1.08 bits per heavy atom. The number of halogens is 2. The van der Waals surface area contributed by atoms with Gasteiger partial charge in [0.1, 0.15) is 5.75 Å². The second kappa shape index (κ2) is 6.87. The molecule has 1 fully saturated rings. The highest BCUT2D eigenvalue weighted by Gasteiger charge is 2.37. The van der Waals surface area contributed by atoms with Gasteiger partial charge in [0, 0.05) is 12.5 Å². The number of fused-ring (bicyclic) bond motifs is 1. The Bertz CT molecular complexity index is 717. The Labute approximate surface area is 140 Å². The molecular weight excluding hydrogens is 314 g/mol. The van der Waals surface area contributed by atoms with Gasteiger partial charge in [0.05, 0.1) is 25.3 Å². The van der Waals surface area contributed by atoms with Crippen LogP contribution >= 0.6 is 0 Å². The van der Waals surface area contributed by atoms with Crippen molar-refractivity contribution in [2.75, 3.05) is 14.2 Å². The first-order valence-electron chi connectivity index (χ1n) is 8.31. The zero-order valence-electron chi connectivity index (χ0n) is 14.0. The molecular formula is C18H22F2N2O2. The molecule has 0 N–H and O–H groups in total. The molecule has 4 nitrogen and oxygen atoms in total. The van der Waals surface area contributed by atoms with E-state index in [1.54, 1.807) is 18.2 Å². The summed E-state index contributed by atoms with van der Waals surface area (Å²) in [5, 5.41) is 0. The second-order valence-electron chi connectivity index (χ2n) is 6.33. The number of benzene rings is 1. The third kappa shape index (κ3) is 3.74. The van der Waals surface area contributed by atoms with Crippen molar-refractivity contribution >= 4 is 11.0 Å². The summed E-state index contributed by atoms with van der Waals surface area (Å²) >= 11 is 0. The number of rotatable bonds is 8. The minimum Gasteiger partial charge on any atom is -0.497 e. The number of methoxy groups -OCH3 is 2. The minimum absolute atomic E-state index is 0.122. The van der Waals surface area contributed by atoms with Crippen LogP contribution in [0.1, 0.15) is 44.2 Å². The largest absolute Gasteiger partial charge is 0.497 e. The molecule has 1 saturated carbocycles. The molecule has 0 bridgehead atoms. The van der Waals surface area contributed by atoms with E-state index in [1.165, 1.54) is 27.1 Å². The molecule has 0 unspecified atom stereocenters. The number of hydrogen-bond acceptors (Lipinski definition) is 4. The average molecular weight is 336 g/mol. The summed E-state index contributed by atoms with van der Waals surface area (Å²) in [5.41, 5.74) is 0.498. The number of hydrogen-bond donors (Lipinski definition) is 0. The molecule has 0 saturated heterocycles. The molecule has 1 aromatic heterocycles. The third-order valence-electron chi connectivity index (χ3n) is 4.43. The second-order valence-corrected chi connectivity index (χ2v) is 6.33. The van der Waals surface area contributed by atoms with Gasteiger partial charge in [-0.25, -0.2) is 9.97 Å². The number of ether oxygens (including phenoxy) is 2. The number of unbranched alkanes of at least 4 members (excludes halogenated alkanes) is 1. The van der Waals surface area contributed by atoms with Gasteiger partial charge in [-0.2, -0.15) is 8.78 Å². The molecule has 0 radical (unpaired) electrons. The molecule has 0 amide bonds. The quantitative estimate of drug-likeness (QED) is 0.655. The van der Waals surface area contributed by atoms with E-state index in [0.717, 1.165) is 18.8 Å². The van der Waals surface area contributed by atoms with Crippen LogP contribution in [0.4, 0.5) is 8.78 Å². The van der Waals surface area contributed by atoms with Gasteiger partial charge in [-0.1, -0.05) is 25.7 Å². The van der Waals surface area contributed by atoms with Crippen molar-refractivity contribution in [3.05, 3.63) is 23.9 Å². The van der Waals surface area contributed by atoms with Crippen LogP contribution < -0.4 is 9.47 Å². The predicted molar refractivity (Wildman–Crippen MR) is 87.7 cm³/mol. The minimum atomic E-state index is -3.05. The summed E-state index contributed by atoms with van der Waals surface area (Å²) in [5.74, 6) is -1.80. The standard InChI is InChI=1S/C18H22F2N2O2/c1-23-13-8-9-14-15(11-13)22-17(24-2)16(21-14)18(19,20)10-4-3-5-12-6-7-12/h8-9,11-12H,3-7,10H2,1-2H3.